The molecular weight excluding hydrogens is 425 g/mol. The first kappa shape index (κ1) is 21.2. The maximum Gasteiger partial charge on any atom is 0.270 e. The van der Waals surface area contributed by atoms with E-state index in [0.717, 1.165) is 28.6 Å². The van der Waals surface area contributed by atoms with Gasteiger partial charge in [-0.15, -0.1) is 11.3 Å². The van der Waals surface area contributed by atoms with E-state index >= 15 is 0 Å². The van der Waals surface area contributed by atoms with Crippen molar-refractivity contribution in [3.05, 3.63) is 58.9 Å². The van der Waals surface area contributed by atoms with Crippen LogP contribution in [0, 0.1) is 11.7 Å². The number of fused-ring (bicyclic) bond motifs is 1. The third-order valence-electron chi connectivity index (χ3n) is 6.85. The van der Waals surface area contributed by atoms with Crippen LogP contribution in [0.2, 0.25) is 0 Å². The minimum Gasteiger partial charge on any atom is -0.353 e. The third-order valence-corrected chi connectivity index (χ3v) is 7.70. The number of likely N-dealkylation sites (tertiary alicyclic amines) is 1. The van der Waals surface area contributed by atoms with Gasteiger partial charge in [-0.05, 0) is 60.9 Å². The molecule has 2 fully saturated rings. The number of hydrogen-bond acceptors (Lipinski definition) is 3. The largest absolute Gasteiger partial charge is 0.353 e. The molecule has 1 N–H and O–H groups in total. The normalized spacial score (nSPS) is 17.8. The van der Waals surface area contributed by atoms with Crippen LogP contribution in [0.1, 0.15) is 54.6 Å². The van der Waals surface area contributed by atoms with Gasteiger partial charge in [-0.1, -0.05) is 25.0 Å². The van der Waals surface area contributed by atoms with Gasteiger partial charge in [0, 0.05) is 31.6 Å². The van der Waals surface area contributed by atoms with Gasteiger partial charge in [0.05, 0.1) is 10.2 Å². The van der Waals surface area contributed by atoms with E-state index in [4.69, 9.17) is 0 Å². The summed E-state index contributed by atoms with van der Waals surface area (Å²) in [5.41, 5.74) is 2.63. The van der Waals surface area contributed by atoms with E-state index in [2.05, 4.69) is 5.32 Å². The average Bonchev–Trinajstić information content (AvgIpc) is 3.54. The van der Waals surface area contributed by atoms with Crippen molar-refractivity contribution < 1.29 is 14.0 Å². The second-order valence-electron chi connectivity index (χ2n) is 8.97. The molecule has 0 radical (unpaired) electrons. The standard InChI is InChI=1S/C25H28FN3O2S/c26-19-7-5-17(6-8-19)16-29-21-11-14-32-23(21)15-22(29)25(31)28-12-9-18(10-13-28)24(30)27-20-3-1-2-4-20/h5-8,11,14-15,18,20H,1-4,9-10,12-13,16H2,(H,27,30). The summed E-state index contributed by atoms with van der Waals surface area (Å²) in [4.78, 5) is 27.9. The maximum atomic E-state index is 13.4. The van der Waals surface area contributed by atoms with E-state index in [1.54, 1.807) is 23.5 Å². The van der Waals surface area contributed by atoms with E-state index in [1.165, 1.54) is 25.0 Å². The van der Waals surface area contributed by atoms with Crippen molar-refractivity contribution >= 4 is 33.4 Å². The summed E-state index contributed by atoms with van der Waals surface area (Å²) in [7, 11) is 0. The number of hydrogen-bond donors (Lipinski definition) is 1. The Kier molecular flexibility index (Phi) is 6.00. The Balaban J connectivity index is 1.28. The molecule has 5 rings (SSSR count). The first-order chi connectivity index (χ1) is 15.6. The van der Waals surface area contributed by atoms with Crippen LogP contribution in [0.4, 0.5) is 4.39 Å². The summed E-state index contributed by atoms with van der Waals surface area (Å²) in [5.74, 6) is -0.110. The van der Waals surface area contributed by atoms with E-state index in [-0.39, 0.29) is 23.5 Å². The molecule has 32 heavy (non-hydrogen) atoms. The Morgan fingerprint density at radius 3 is 2.47 bits per heavy atom. The van der Waals surface area contributed by atoms with E-state index in [9.17, 15) is 14.0 Å². The lowest BCUT2D eigenvalue weighted by atomic mass is 9.95. The van der Waals surface area contributed by atoms with Crippen molar-refractivity contribution in [2.75, 3.05) is 13.1 Å². The molecule has 1 saturated carbocycles. The SMILES string of the molecule is O=C(NC1CCCC1)C1CCN(C(=O)c2cc3sccc3n2Cc2ccc(F)cc2)CC1. The molecule has 1 aliphatic heterocycles. The fourth-order valence-corrected chi connectivity index (χ4v) is 5.82. The number of halogens is 1. The van der Waals surface area contributed by atoms with Crippen LogP contribution in [0.3, 0.4) is 0 Å². The molecule has 7 heteroatoms. The number of carbonyl (C=O) groups excluding carboxylic acids is 2. The molecule has 168 valence electrons. The van der Waals surface area contributed by atoms with Gasteiger partial charge < -0.3 is 14.8 Å². The first-order valence-electron chi connectivity index (χ1n) is 11.5. The number of nitrogens with one attached hydrogen (secondary N) is 1. The highest BCUT2D eigenvalue weighted by atomic mass is 32.1. The van der Waals surface area contributed by atoms with Crippen LogP contribution in [0.15, 0.2) is 41.8 Å². The molecule has 0 unspecified atom stereocenters. The zero-order valence-electron chi connectivity index (χ0n) is 18.1. The summed E-state index contributed by atoms with van der Waals surface area (Å²) in [6, 6.07) is 10.8. The summed E-state index contributed by atoms with van der Waals surface area (Å²) >= 11 is 1.61. The topological polar surface area (TPSA) is 54.3 Å². The van der Waals surface area contributed by atoms with E-state index in [0.29, 0.717) is 44.2 Å². The van der Waals surface area contributed by atoms with Gasteiger partial charge >= 0.3 is 0 Å². The van der Waals surface area contributed by atoms with Gasteiger partial charge in [-0.25, -0.2) is 4.39 Å². The van der Waals surface area contributed by atoms with Crippen LogP contribution in [0.25, 0.3) is 10.2 Å². The number of aromatic nitrogens is 1. The molecule has 2 aliphatic rings. The molecule has 2 amide bonds. The average molecular weight is 454 g/mol. The highest BCUT2D eigenvalue weighted by Crippen LogP contribution is 2.29. The van der Waals surface area contributed by atoms with Crippen molar-refractivity contribution in [3.8, 4) is 0 Å². The summed E-state index contributed by atoms with van der Waals surface area (Å²) in [5, 5.41) is 5.23. The molecule has 3 aromatic rings. The molecule has 0 bridgehead atoms. The molecule has 1 saturated heterocycles. The number of carbonyl (C=O) groups is 2. The Bertz CT molecular complexity index is 1110. The van der Waals surface area contributed by atoms with Gasteiger partial charge in [0.1, 0.15) is 11.5 Å². The van der Waals surface area contributed by atoms with E-state index < -0.39 is 0 Å². The zero-order chi connectivity index (χ0) is 22.1. The molecule has 1 aliphatic carbocycles. The number of thiophene rings is 1. The quantitative estimate of drug-likeness (QED) is 0.603. The highest BCUT2D eigenvalue weighted by molar-refractivity contribution is 7.17. The Labute approximate surface area is 191 Å². The number of amides is 2. The third kappa shape index (κ3) is 4.31. The summed E-state index contributed by atoms with van der Waals surface area (Å²) < 4.78 is 16.4. The lowest BCUT2D eigenvalue weighted by Crippen LogP contribution is -2.45. The molecule has 0 atom stereocenters. The van der Waals surface area contributed by atoms with Crippen molar-refractivity contribution in [1.82, 2.24) is 14.8 Å². The number of benzene rings is 1. The predicted octanol–water partition coefficient (Wildman–Crippen LogP) is 4.80. The van der Waals surface area contributed by atoms with Crippen LogP contribution >= 0.6 is 11.3 Å². The zero-order valence-corrected chi connectivity index (χ0v) is 18.9. The summed E-state index contributed by atoms with van der Waals surface area (Å²) in [6.45, 7) is 1.70. The van der Waals surface area contributed by atoms with Crippen LogP contribution in [-0.4, -0.2) is 40.4 Å². The minimum atomic E-state index is -0.266. The van der Waals surface area contributed by atoms with Crippen LogP contribution in [-0.2, 0) is 11.3 Å². The first-order valence-corrected chi connectivity index (χ1v) is 12.4. The van der Waals surface area contributed by atoms with Crippen LogP contribution in [0.5, 0.6) is 0 Å². The Morgan fingerprint density at radius 1 is 1.03 bits per heavy atom. The molecule has 2 aromatic heterocycles. The van der Waals surface area contributed by atoms with Gasteiger partial charge in [-0.2, -0.15) is 0 Å². The molecule has 1 aromatic carbocycles. The highest BCUT2D eigenvalue weighted by Gasteiger charge is 2.31. The number of nitrogens with zero attached hydrogens (tertiary/aromatic N) is 2. The fraction of sp³-hybridized carbons (Fsp3) is 0.440. The fourth-order valence-electron chi connectivity index (χ4n) is 4.99. The smallest absolute Gasteiger partial charge is 0.270 e. The second kappa shape index (κ2) is 9.06. The van der Waals surface area contributed by atoms with Gasteiger partial charge in [0.2, 0.25) is 5.91 Å². The van der Waals surface area contributed by atoms with E-state index in [1.807, 2.05) is 27.0 Å². The molecule has 3 heterocycles. The lowest BCUT2D eigenvalue weighted by molar-refractivity contribution is -0.127. The monoisotopic (exact) mass is 453 g/mol. The van der Waals surface area contributed by atoms with Crippen molar-refractivity contribution in [1.29, 1.82) is 0 Å². The Morgan fingerprint density at radius 2 is 1.75 bits per heavy atom. The lowest BCUT2D eigenvalue weighted by Gasteiger charge is -2.32. The second-order valence-corrected chi connectivity index (χ2v) is 9.92. The minimum absolute atomic E-state index is 0.00478. The van der Waals surface area contributed by atoms with Gasteiger partial charge in [0.15, 0.2) is 0 Å². The van der Waals surface area contributed by atoms with Gasteiger partial charge in [0.25, 0.3) is 5.91 Å². The predicted molar refractivity (Wildman–Crippen MR) is 124 cm³/mol. The summed E-state index contributed by atoms with van der Waals surface area (Å²) in [6.07, 6.45) is 5.99. The maximum absolute atomic E-state index is 13.4. The number of piperidine rings is 1. The van der Waals surface area contributed by atoms with Gasteiger partial charge in [-0.3, -0.25) is 9.59 Å². The molecule has 5 nitrogen and oxygen atoms in total. The van der Waals surface area contributed by atoms with Crippen molar-refractivity contribution in [3.63, 3.8) is 0 Å². The molecule has 0 spiro atoms. The number of rotatable bonds is 5. The van der Waals surface area contributed by atoms with Crippen LogP contribution < -0.4 is 5.32 Å². The van der Waals surface area contributed by atoms with Crippen molar-refractivity contribution in [2.24, 2.45) is 5.92 Å². The Hall–Kier alpha value is -2.67. The molecular formula is C25H28FN3O2S. The van der Waals surface area contributed by atoms with Crippen molar-refractivity contribution in [2.45, 2.75) is 51.1 Å².